The third-order valence-corrected chi connectivity index (χ3v) is 4.24. The zero-order chi connectivity index (χ0) is 13.8. The Morgan fingerprint density at radius 2 is 1.68 bits per heavy atom. The molecule has 1 heterocycles. The van der Waals surface area contributed by atoms with Gasteiger partial charge in [-0.2, -0.15) is 0 Å². The highest BCUT2D eigenvalue weighted by atomic mass is 14.8. The van der Waals surface area contributed by atoms with Crippen LogP contribution in [0.3, 0.4) is 0 Å². The highest BCUT2D eigenvalue weighted by molar-refractivity contribution is 5.85. The number of rotatable bonds is 11. The summed E-state index contributed by atoms with van der Waals surface area (Å²) in [6.07, 6.45) is 19.7. The van der Waals surface area contributed by atoms with Crippen LogP contribution in [0.1, 0.15) is 84.5 Å². The molecule has 0 amide bonds. The summed E-state index contributed by atoms with van der Waals surface area (Å²) in [7, 11) is 0. The number of allylic oxidation sites excluding steroid dienone is 2. The quantitative estimate of drug-likeness (QED) is 0.323. The molecule has 0 aromatic carbocycles. The van der Waals surface area contributed by atoms with E-state index in [1.807, 2.05) is 0 Å². The Morgan fingerprint density at radius 3 is 2.32 bits per heavy atom. The molecule has 0 aromatic heterocycles. The summed E-state index contributed by atoms with van der Waals surface area (Å²) in [5, 5.41) is 0. The van der Waals surface area contributed by atoms with Crippen LogP contribution >= 0.6 is 0 Å². The first-order chi connectivity index (χ1) is 9.34. The van der Waals surface area contributed by atoms with E-state index in [0.717, 1.165) is 12.5 Å². The van der Waals surface area contributed by atoms with Crippen molar-refractivity contribution < 1.29 is 0 Å². The summed E-state index contributed by atoms with van der Waals surface area (Å²) >= 11 is 0. The monoisotopic (exact) mass is 263 g/mol. The van der Waals surface area contributed by atoms with E-state index < -0.39 is 0 Å². The summed E-state index contributed by atoms with van der Waals surface area (Å²) in [5.41, 5.74) is 1.41. The van der Waals surface area contributed by atoms with Gasteiger partial charge in [0.1, 0.15) is 0 Å². The van der Waals surface area contributed by atoms with Crippen molar-refractivity contribution in [1.29, 1.82) is 0 Å². The van der Waals surface area contributed by atoms with Crippen molar-refractivity contribution in [3.8, 4) is 0 Å². The smallest absolute Gasteiger partial charge is 0.0394 e. The van der Waals surface area contributed by atoms with E-state index in [0.29, 0.717) is 0 Å². The average Bonchev–Trinajstić information content (AvgIpc) is 2.82. The van der Waals surface area contributed by atoms with E-state index in [2.05, 4.69) is 31.0 Å². The van der Waals surface area contributed by atoms with Gasteiger partial charge in [0.15, 0.2) is 0 Å². The highest BCUT2D eigenvalue weighted by Crippen LogP contribution is 2.21. The van der Waals surface area contributed by atoms with Gasteiger partial charge in [-0.15, -0.1) is 0 Å². The lowest BCUT2D eigenvalue weighted by molar-refractivity contribution is 0.542. The minimum Gasteiger partial charge on any atom is -0.294 e. The molecule has 0 saturated heterocycles. The third kappa shape index (κ3) is 8.23. The first-order valence-electron chi connectivity index (χ1n) is 8.50. The van der Waals surface area contributed by atoms with Crippen molar-refractivity contribution >= 4 is 5.71 Å². The fourth-order valence-electron chi connectivity index (χ4n) is 2.84. The van der Waals surface area contributed by atoms with Crippen LogP contribution in [0.15, 0.2) is 17.1 Å². The van der Waals surface area contributed by atoms with Gasteiger partial charge in [0.05, 0.1) is 0 Å². The predicted molar refractivity (Wildman–Crippen MR) is 87.1 cm³/mol. The van der Waals surface area contributed by atoms with Crippen LogP contribution in [0.2, 0.25) is 0 Å². The Bertz CT molecular complexity index is 265. The molecule has 0 saturated carbocycles. The average molecular weight is 263 g/mol. The molecule has 0 fully saturated rings. The molecule has 1 aliphatic rings. The zero-order valence-electron chi connectivity index (χ0n) is 13.2. The summed E-state index contributed by atoms with van der Waals surface area (Å²) in [4.78, 5) is 4.50. The Labute approximate surface area is 120 Å². The maximum Gasteiger partial charge on any atom is 0.0394 e. The molecule has 110 valence electrons. The molecule has 0 aromatic rings. The van der Waals surface area contributed by atoms with Gasteiger partial charge in [0.2, 0.25) is 0 Å². The number of hydrogen-bond acceptors (Lipinski definition) is 1. The first kappa shape index (κ1) is 16.5. The largest absolute Gasteiger partial charge is 0.294 e. The minimum atomic E-state index is 0.818. The Balaban J connectivity index is 1.82. The number of nitrogens with zero attached hydrogens (tertiary/aromatic N) is 1. The molecular formula is C18H33N. The summed E-state index contributed by atoms with van der Waals surface area (Å²) < 4.78 is 0. The molecule has 1 aliphatic heterocycles. The van der Waals surface area contributed by atoms with Crippen LogP contribution in [0.5, 0.6) is 0 Å². The maximum absolute atomic E-state index is 4.50. The lowest BCUT2D eigenvalue weighted by atomic mass is 9.95. The normalized spacial score (nSPS) is 19.3. The van der Waals surface area contributed by atoms with Crippen LogP contribution in [0.25, 0.3) is 0 Å². The molecule has 1 atom stereocenters. The molecule has 1 unspecified atom stereocenters. The van der Waals surface area contributed by atoms with Crippen LogP contribution in [0, 0.1) is 5.92 Å². The van der Waals surface area contributed by atoms with Crippen molar-refractivity contribution in [1.82, 2.24) is 0 Å². The second-order valence-corrected chi connectivity index (χ2v) is 5.97. The van der Waals surface area contributed by atoms with E-state index in [9.17, 15) is 0 Å². The molecular weight excluding hydrogens is 230 g/mol. The van der Waals surface area contributed by atoms with Gasteiger partial charge in [0, 0.05) is 12.3 Å². The van der Waals surface area contributed by atoms with Crippen LogP contribution in [-0.2, 0) is 0 Å². The highest BCUT2D eigenvalue weighted by Gasteiger charge is 2.15. The first-order valence-corrected chi connectivity index (χ1v) is 8.50. The standard InChI is InChI=1S/C18H33N/c1-3-4-5-6-7-8-9-10-11-12-13-14-18-15-16-19-17(18)2/h7-8,18H,3-6,9-16H2,1-2H3. The van der Waals surface area contributed by atoms with Gasteiger partial charge < -0.3 is 0 Å². The topological polar surface area (TPSA) is 12.4 Å². The van der Waals surface area contributed by atoms with Crippen molar-refractivity contribution in [2.24, 2.45) is 10.9 Å². The molecule has 0 bridgehead atoms. The van der Waals surface area contributed by atoms with Crippen molar-refractivity contribution in [3.05, 3.63) is 12.2 Å². The van der Waals surface area contributed by atoms with E-state index in [4.69, 9.17) is 0 Å². The van der Waals surface area contributed by atoms with Gasteiger partial charge in [-0.25, -0.2) is 0 Å². The van der Waals surface area contributed by atoms with E-state index >= 15 is 0 Å². The molecule has 0 spiro atoms. The molecule has 1 rings (SSSR count). The summed E-state index contributed by atoms with van der Waals surface area (Å²) in [5.74, 6) is 0.818. The lowest BCUT2D eigenvalue weighted by Gasteiger charge is -2.08. The summed E-state index contributed by atoms with van der Waals surface area (Å²) in [6, 6.07) is 0. The van der Waals surface area contributed by atoms with Gasteiger partial charge >= 0.3 is 0 Å². The Morgan fingerprint density at radius 1 is 1.00 bits per heavy atom. The second kappa shape index (κ2) is 11.3. The molecule has 0 radical (unpaired) electrons. The van der Waals surface area contributed by atoms with Gasteiger partial charge in [-0.1, -0.05) is 51.2 Å². The Kier molecular flexibility index (Phi) is 9.75. The predicted octanol–water partition coefficient (Wildman–Crippen LogP) is 5.94. The van der Waals surface area contributed by atoms with E-state index in [-0.39, 0.29) is 0 Å². The van der Waals surface area contributed by atoms with Crippen molar-refractivity contribution in [2.75, 3.05) is 6.54 Å². The fourth-order valence-corrected chi connectivity index (χ4v) is 2.84. The number of unbranched alkanes of at least 4 members (excludes halogenated alkanes) is 7. The van der Waals surface area contributed by atoms with Gasteiger partial charge in [-0.05, 0) is 51.4 Å². The fraction of sp³-hybridized carbons (Fsp3) is 0.833. The van der Waals surface area contributed by atoms with Gasteiger partial charge in [0.25, 0.3) is 0 Å². The molecule has 1 heteroatoms. The van der Waals surface area contributed by atoms with Crippen molar-refractivity contribution in [3.63, 3.8) is 0 Å². The molecule has 0 N–H and O–H groups in total. The van der Waals surface area contributed by atoms with Crippen LogP contribution in [-0.4, -0.2) is 12.3 Å². The number of aliphatic imine (C=N–C) groups is 1. The molecule has 1 nitrogen and oxygen atoms in total. The number of hydrogen-bond donors (Lipinski definition) is 0. The molecule has 19 heavy (non-hydrogen) atoms. The van der Waals surface area contributed by atoms with Crippen LogP contribution in [0.4, 0.5) is 0 Å². The van der Waals surface area contributed by atoms with E-state index in [1.165, 1.54) is 76.3 Å². The summed E-state index contributed by atoms with van der Waals surface area (Å²) in [6.45, 7) is 5.56. The Hall–Kier alpha value is -0.590. The van der Waals surface area contributed by atoms with E-state index in [1.54, 1.807) is 0 Å². The third-order valence-electron chi connectivity index (χ3n) is 4.24. The zero-order valence-corrected chi connectivity index (χ0v) is 13.2. The second-order valence-electron chi connectivity index (χ2n) is 5.97. The minimum absolute atomic E-state index is 0.818. The van der Waals surface area contributed by atoms with Crippen LogP contribution < -0.4 is 0 Å². The lowest BCUT2D eigenvalue weighted by Crippen LogP contribution is -2.05. The van der Waals surface area contributed by atoms with Gasteiger partial charge in [-0.3, -0.25) is 4.99 Å². The van der Waals surface area contributed by atoms with Crippen molar-refractivity contribution in [2.45, 2.75) is 84.5 Å². The SMILES string of the molecule is CCCCCC=CCCCCCCC1CCN=C1C. The maximum atomic E-state index is 4.50. The molecule has 0 aliphatic carbocycles.